The molecule has 3 saturated heterocycles. The Hall–Kier alpha value is 1.16. The molecule has 1 unspecified atom stereocenters. The van der Waals surface area contributed by atoms with E-state index in [2.05, 4.69) is 12.9 Å². The van der Waals surface area contributed by atoms with Gasteiger partial charge in [-0.1, -0.05) is 4.31 Å². The lowest BCUT2D eigenvalue weighted by Crippen LogP contribution is -2.40. The molecule has 22 heavy (non-hydrogen) atoms. The lowest BCUT2D eigenvalue weighted by molar-refractivity contribution is 0.0757. The van der Waals surface area contributed by atoms with E-state index in [-0.39, 0.29) is 9.15 Å². The van der Waals surface area contributed by atoms with Gasteiger partial charge in [0.2, 0.25) is 30.0 Å². The summed E-state index contributed by atoms with van der Waals surface area (Å²) in [6.45, 7) is 11.3. The van der Waals surface area contributed by atoms with E-state index < -0.39 is 0 Å². The van der Waals surface area contributed by atoms with Crippen LogP contribution in [0.4, 0.5) is 0 Å². The fraction of sp³-hybridized carbons (Fsp3) is 1.00. The molecule has 0 aromatic heterocycles. The summed E-state index contributed by atoms with van der Waals surface area (Å²) in [5, 5.41) is 0. The Morgan fingerprint density at radius 1 is 0.636 bits per heavy atom. The van der Waals surface area contributed by atoms with Crippen molar-refractivity contribution in [1.29, 1.82) is 0 Å². The average Bonchev–Trinajstić information content (AvgIpc) is 2.61. The smallest absolute Gasteiger partial charge is 0.249 e. The monoisotopic (exact) mass is 386 g/mol. The molecule has 128 valence electrons. The minimum Gasteiger partial charge on any atom is -0.379 e. The van der Waals surface area contributed by atoms with Gasteiger partial charge in [-0.25, -0.2) is 4.31 Å². The summed E-state index contributed by atoms with van der Waals surface area (Å²) in [6, 6.07) is 0. The van der Waals surface area contributed by atoms with Crippen molar-refractivity contribution in [3.63, 3.8) is 0 Å². The normalized spacial score (nSPS) is 27.8. The van der Waals surface area contributed by atoms with Crippen molar-refractivity contribution in [2.24, 2.45) is 0 Å². The lowest BCUT2D eigenvalue weighted by atomic mass is 10.5. The van der Waals surface area contributed by atoms with E-state index in [0.29, 0.717) is 0 Å². The molecule has 0 aromatic rings. The number of morpholine rings is 3. The molecule has 1 atom stereocenters. The van der Waals surface area contributed by atoms with Gasteiger partial charge >= 0.3 is 0 Å². The van der Waals surface area contributed by atoms with Crippen LogP contribution in [0.2, 0.25) is 0 Å². The van der Waals surface area contributed by atoms with Crippen molar-refractivity contribution in [2.45, 2.75) is 0 Å². The Bertz CT molecular complexity index is 314. The SMILES string of the molecule is C1CN(SS[S+](SN2CCOCC2)N2CCOCC2)CCO1. The molecule has 3 aliphatic rings. The quantitative estimate of drug-likeness (QED) is 0.381. The topological polar surface area (TPSA) is 37.4 Å². The van der Waals surface area contributed by atoms with Gasteiger partial charge in [0.05, 0.1) is 63.7 Å². The molecular weight excluding hydrogens is 362 g/mol. The fourth-order valence-corrected chi connectivity index (χ4v) is 11.5. The minimum atomic E-state index is 0.127. The molecule has 0 radical (unpaired) electrons. The molecule has 0 aliphatic carbocycles. The van der Waals surface area contributed by atoms with E-state index in [9.17, 15) is 0 Å². The minimum absolute atomic E-state index is 0.127. The van der Waals surface area contributed by atoms with Gasteiger partial charge in [0, 0.05) is 26.2 Å². The first-order valence-corrected chi connectivity index (χ1v) is 12.8. The summed E-state index contributed by atoms with van der Waals surface area (Å²) in [5.41, 5.74) is 0. The highest BCUT2D eigenvalue weighted by Gasteiger charge is 2.39. The predicted octanol–water partition coefficient (Wildman–Crippen LogP) is 1.29. The third-order valence-electron chi connectivity index (χ3n) is 3.48. The van der Waals surface area contributed by atoms with Crippen LogP contribution in [0.25, 0.3) is 0 Å². The zero-order chi connectivity index (χ0) is 15.0. The van der Waals surface area contributed by atoms with Crippen molar-refractivity contribution in [1.82, 2.24) is 12.9 Å². The van der Waals surface area contributed by atoms with Gasteiger partial charge in [-0.3, -0.25) is 0 Å². The highest BCUT2D eigenvalue weighted by atomic mass is 33.7. The van der Waals surface area contributed by atoms with E-state index >= 15 is 0 Å². The van der Waals surface area contributed by atoms with Crippen LogP contribution >= 0.6 is 31.8 Å². The first-order chi connectivity index (χ1) is 10.9. The molecule has 3 fully saturated rings. The number of hydrogen-bond donors (Lipinski definition) is 0. The van der Waals surface area contributed by atoms with Gasteiger partial charge in [0.25, 0.3) is 0 Å². The first kappa shape index (κ1) is 18.0. The Labute approximate surface area is 146 Å². The van der Waals surface area contributed by atoms with Crippen molar-refractivity contribution in [2.75, 3.05) is 78.9 Å². The number of hydrogen-bond acceptors (Lipinski definition) is 9. The number of rotatable bonds is 6. The van der Waals surface area contributed by atoms with Crippen LogP contribution in [-0.2, 0) is 23.4 Å². The molecular formula is C12H24N3O3S4+. The molecule has 3 rings (SSSR count). The second kappa shape index (κ2) is 10.2. The number of ether oxygens (including phenoxy) is 3. The average molecular weight is 387 g/mol. The van der Waals surface area contributed by atoms with E-state index in [1.807, 2.05) is 31.8 Å². The summed E-state index contributed by atoms with van der Waals surface area (Å²) >= 11 is 0. The Morgan fingerprint density at radius 2 is 1.14 bits per heavy atom. The van der Waals surface area contributed by atoms with Crippen molar-refractivity contribution < 1.29 is 14.2 Å². The summed E-state index contributed by atoms with van der Waals surface area (Å²) in [6.07, 6.45) is 0. The second-order valence-corrected chi connectivity index (χ2v) is 12.5. The number of nitrogens with zero attached hydrogens (tertiary/aromatic N) is 3. The van der Waals surface area contributed by atoms with Crippen LogP contribution in [0.5, 0.6) is 0 Å². The van der Waals surface area contributed by atoms with Crippen molar-refractivity contribution in [3.05, 3.63) is 0 Å². The maximum Gasteiger partial charge on any atom is 0.249 e. The molecule has 3 heterocycles. The fourth-order valence-electron chi connectivity index (χ4n) is 2.20. The van der Waals surface area contributed by atoms with E-state index in [1.165, 1.54) is 0 Å². The van der Waals surface area contributed by atoms with Crippen molar-refractivity contribution in [3.8, 4) is 0 Å². The third kappa shape index (κ3) is 5.91. The Kier molecular flexibility index (Phi) is 8.35. The second-order valence-electron chi connectivity index (χ2n) is 5.06. The van der Waals surface area contributed by atoms with Gasteiger partial charge in [0.1, 0.15) is 0 Å². The summed E-state index contributed by atoms with van der Waals surface area (Å²) < 4.78 is 23.9. The van der Waals surface area contributed by atoms with E-state index in [4.69, 9.17) is 14.2 Å². The predicted molar refractivity (Wildman–Crippen MR) is 97.3 cm³/mol. The molecule has 0 bridgehead atoms. The maximum absolute atomic E-state index is 5.51. The van der Waals surface area contributed by atoms with Crippen LogP contribution < -0.4 is 0 Å². The lowest BCUT2D eigenvalue weighted by Gasteiger charge is -2.28. The third-order valence-corrected chi connectivity index (χ3v) is 12.8. The Morgan fingerprint density at radius 3 is 1.73 bits per heavy atom. The van der Waals surface area contributed by atoms with Gasteiger partial charge in [-0.15, -0.1) is 0 Å². The summed E-state index contributed by atoms with van der Waals surface area (Å²) in [7, 11) is 6.03. The standard InChI is InChI=1S/C12H24N3O3S4/c1-7-16-8-2-13(1)19-21-22(15-5-11-18-12-6-15)20-14-3-9-17-10-4-14/h1-12H2/q+1. The Balaban J connectivity index is 1.49. The summed E-state index contributed by atoms with van der Waals surface area (Å²) in [4.78, 5) is 0. The van der Waals surface area contributed by atoms with Crippen molar-refractivity contribution >= 4 is 40.9 Å². The molecule has 6 nitrogen and oxygen atoms in total. The molecule has 3 aliphatic heterocycles. The molecule has 0 N–H and O–H groups in total. The highest BCUT2D eigenvalue weighted by Crippen LogP contribution is 2.44. The molecule has 0 saturated carbocycles. The zero-order valence-corrected chi connectivity index (χ0v) is 16.0. The van der Waals surface area contributed by atoms with Crippen LogP contribution in [0.3, 0.4) is 0 Å². The largest absolute Gasteiger partial charge is 0.379 e. The van der Waals surface area contributed by atoms with Crippen LogP contribution in [0.15, 0.2) is 0 Å². The maximum atomic E-state index is 5.51. The zero-order valence-electron chi connectivity index (χ0n) is 12.7. The van der Waals surface area contributed by atoms with Gasteiger partial charge in [-0.2, -0.15) is 4.31 Å². The molecule has 0 amide bonds. The van der Waals surface area contributed by atoms with Crippen LogP contribution in [0, 0.1) is 0 Å². The molecule has 0 aromatic carbocycles. The highest BCUT2D eigenvalue weighted by molar-refractivity contribution is 9.22. The summed E-state index contributed by atoms with van der Waals surface area (Å²) in [5.74, 6) is 0. The first-order valence-electron chi connectivity index (χ1n) is 7.68. The molecule has 0 spiro atoms. The van der Waals surface area contributed by atoms with E-state index in [0.717, 1.165) is 78.9 Å². The van der Waals surface area contributed by atoms with Gasteiger partial charge < -0.3 is 14.2 Å². The van der Waals surface area contributed by atoms with Gasteiger partial charge in [0.15, 0.2) is 0 Å². The van der Waals surface area contributed by atoms with Crippen LogP contribution in [-0.4, -0.2) is 91.8 Å². The van der Waals surface area contributed by atoms with Gasteiger partial charge in [-0.05, 0) is 0 Å². The van der Waals surface area contributed by atoms with Crippen LogP contribution in [0.1, 0.15) is 0 Å². The van der Waals surface area contributed by atoms with E-state index in [1.54, 1.807) is 0 Å². The molecule has 10 heteroatoms.